The fraction of sp³-hybridized carbons (Fsp3) is 0.278. The van der Waals surface area contributed by atoms with Gasteiger partial charge in [-0.25, -0.2) is 4.39 Å². The third-order valence-electron chi connectivity index (χ3n) is 4.18. The molecule has 0 spiro atoms. The maximum absolute atomic E-state index is 13.3. The third-order valence-corrected chi connectivity index (χ3v) is 4.18. The molecule has 2 heterocycles. The highest BCUT2D eigenvalue weighted by atomic mass is 19.1. The van der Waals surface area contributed by atoms with Crippen LogP contribution in [0.15, 0.2) is 42.6 Å². The number of nitrogens with one attached hydrogen (secondary N) is 1. The fourth-order valence-corrected chi connectivity index (χ4v) is 2.70. The molecule has 0 fully saturated rings. The van der Waals surface area contributed by atoms with Crippen molar-refractivity contribution in [3.8, 4) is 0 Å². The molecule has 146 valence electrons. The Kier molecular flexibility index (Phi) is 5.48. The first-order valence-corrected chi connectivity index (χ1v) is 8.59. The number of carbonyl (C=O) groups excluding carboxylic acids is 1. The van der Waals surface area contributed by atoms with Gasteiger partial charge in [0.1, 0.15) is 5.82 Å². The maximum atomic E-state index is 13.3. The summed E-state index contributed by atoms with van der Waals surface area (Å²) in [6.07, 6.45) is 1.69. The van der Waals surface area contributed by atoms with Gasteiger partial charge in [-0.2, -0.15) is 9.78 Å². The van der Waals surface area contributed by atoms with Crippen LogP contribution in [0.4, 0.5) is 16.0 Å². The average Bonchev–Trinajstić information content (AvgIpc) is 3.22. The molecule has 1 N–H and O–H groups in total. The number of benzene rings is 1. The van der Waals surface area contributed by atoms with Gasteiger partial charge in [0.25, 0.3) is 0 Å². The van der Waals surface area contributed by atoms with Crippen molar-refractivity contribution in [2.45, 2.75) is 26.9 Å². The van der Waals surface area contributed by atoms with Crippen molar-refractivity contribution in [2.75, 3.05) is 5.32 Å². The Morgan fingerprint density at radius 2 is 2.11 bits per heavy atom. The number of carbonyl (C=O) groups is 1. The number of anilines is 1. The van der Waals surface area contributed by atoms with Crippen LogP contribution in [0, 0.1) is 28.8 Å². The molecule has 3 rings (SSSR count). The molecule has 28 heavy (non-hydrogen) atoms. The minimum Gasteiger partial charge on any atom is -0.358 e. The zero-order chi connectivity index (χ0) is 20.3. The Bertz CT molecular complexity index is 1010. The molecular formula is C18H19FN6O3. The number of aromatic nitrogens is 4. The normalized spacial score (nSPS) is 12.0. The summed E-state index contributed by atoms with van der Waals surface area (Å²) in [4.78, 5) is 22.6. The fourth-order valence-electron chi connectivity index (χ4n) is 2.70. The van der Waals surface area contributed by atoms with Gasteiger partial charge in [0.15, 0.2) is 5.82 Å². The molecule has 0 bridgehead atoms. The number of hydrogen-bond donors (Lipinski definition) is 1. The highest BCUT2D eigenvalue weighted by Crippen LogP contribution is 2.14. The standard InChI is InChI=1S/C18H19FN6O3/c1-12(10-24-13(2)8-17(22-24)25(27)28)18(26)20-16-6-7-23(21-16)11-14-4-3-5-15(19)9-14/h3-9,12H,10-11H2,1-2H3,(H,20,21,26). The number of amides is 1. The highest BCUT2D eigenvalue weighted by Gasteiger charge is 2.21. The lowest BCUT2D eigenvalue weighted by Gasteiger charge is -2.10. The molecule has 0 aliphatic heterocycles. The molecule has 1 atom stereocenters. The Hall–Kier alpha value is -3.56. The van der Waals surface area contributed by atoms with Crippen LogP contribution in [0.3, 0.4) is 0 Å². The zero-order valence-corrected chi connectivity index (χ0v) is 15.4. The van der Waals surface area contributed by atoms with E-state index in [9.17, 15) is 19.3 Å². The van der Waals surface area contributed by atoms with Crippen molar-refractivity contribution >= 4 is 17.5 Å². The monoisotopic (exact) mass is 386 g/mol. The second kappa shape index (κ2) is 7.99. The van der Waals surface area contributed by atoms with Crippen LogP contribution in [-0.4, -0.2) is 30.4 Å². The van der Waals surface area contributed by atoms with Crippen molar-refractivity contribution in [1.82, 2.24) is 19.6 Å². The van der Waals surface area contributed by atoms with E-state index in [0.29, 0.717) is 18.1 Å². The SMILES string of the molecule is Cc1cc([N+](=O)[O-])nn1CC(C)C(=O)Nc1ccn(Cc2cccc(F)c2)n1. The van der Waals surface area contributed by atoms with E-state index < -0.39 is 10.8 Å². The molecule has 1 unspecified atom stereocenters. The first kappa shape index (κ1) is 19.2. The molecular weight excluding hydrogens is 367 g/mol. The van der Waals surface area contributed by atoms with E-state index in [1.165, 1.54) is 22.9 Å². The van der Waals surface area contributed by atoms with Crippen molar-refractivity contribution in [2.24, 2.45) is 5.92 Å². The predicted octanol–water partition coefficient (Wildman–Crippen LogP) is 2.76. The van der Waals surface area contributed by atoms with Crippen LogP contribution in [0.2, 0.25) is 0 Å². The van der Waals surface area contributed by atoms with Gasteiger partial charge >= 0.3 is 5.82 Å². The Morgan fingerprint density at radius 3 is 2.79 bits per heavy atom. The van der Waals surface area contributed by atoms with Gasteiger partial charge in [0, 0.05) is 12.3 Å². The maximum Gasteiger partial charge on any atom is 0.390 e. The second-order valence-electron chi connectivity index (χ2n) is 6.50. The van der Waals surface area contributed by atoms with Gasteiger partial charge in [-0.3, -0.25) is 9.48 Å². The van der Waals surface area contributed by atoms with Gasteiger partial charge in [-0.05, 0) is 29.5 Å². The van der Waals surface area contributed by atoms with E-state index in [4.69, 9.17) is 0 Å². The van der Waals surface area contributed by atoms with Crippen molar-refractivity contribution in [3.63, 3.8) is 0 Å². The largest absolute Gasteiger partial charge is 0.390 e. The molecule has 10 heteroatoms. The zero-order valence-electron chi connectivity index (χ0n) is 15.4. The summed E-state index contributed by atoms with van der Waals surface area (Å²) in [5, 5.41) is 21.7. The Balaban J connectivity index is 1.60. The van der Waals surface area contributed by atoms with Gasteiger partial charge in [-0.1, -0.05) is 19.1 Å². The summed E-state index contributed by atoms with van der Waals surface area (Å²) in [5.74, 6) is -0.959. The van der Waals surface area contributed by atoms with Crippen LogP contribution < -0.4 is 5.32 Å². The number of nitro groups is 1. The summed E-state index contributed by atoms with van der Waals surface area (Å²) < 4.78 is 16.3. The number of halogens is 1. The lowest BCUT2D eigenvalue weighted by Crippen LogP contribution is -2.25. The van der Waals surface area contributed by atoms with E-state index in [-0.39, 0.29) is 24.1 Å². The third kappa shape index (κ3) is 4.58. The molecule has 0 aliphatic rings. The number of hydrogen-bond acceptors (Lipinski definition) is 5. The summed E-state index contributed by atoms with van der Waals surface area (Å²) in [6.45, 7) is 3.97. The summed E-state index contributed by atoms with van der Waals surface area (Å²) in [6, 6.07) is 9.21. The number of rotatable bonds is 7. The van der Waals surface area contributed by atoms with Crippen LogP contribution in [0.25, 0.3) is 0 Å². The average molecular weight is 386 g/mol. The highest BCUT2D eigenvalue weighted by molar-refractivity contribution is 5.91. The Morgan fingerprint density at radius 1 is 1.32 bits per heavy atom. The Labute approximate surface area is 159 Å². The molecule has 0 aliphatic carbocycles. The van der Waals surface area contributed by atoms with Crippen molar-refractivity contribution in [1.29, 1.82) is 0 Å². The first-order valence-electron chi connectivity index (χ1n) is 8.59. The molecule has 2 aromatic heterocycles. The summed E-state index contributed by atoms with van der Waals surface area (Å²) in [5.41, 5.74) is 1.36. The van der Waals surface area contributed by atoms with E-state index in [0.717, 1.165) is 5.56 Å². The lowest BCUT2D eigenvalue weighted by atomic mass is 10.1. The summed E-state index contributed by atoms with van der Waals surface area (Å²) >= 11 is 0. The molecule has 9 nitrogen and oxygen atoms in total. The molecule has 3 aromatic rings. The van der Waals surface area contributed by atoms with Gasteiger partial charge < -0.3 is 15.4 Å². The van der Waals surface area contributed by atoms with Gasteiger partial charge in [-0.15, -0.1) is 0 Å². The second-order valence-corrected chi connectivity index (χ2v) is 6.50. The minimum absolute atomic E-state index is 0.204. The topological polar surface area (TPSA) is 108 Å². The summed E-state index contributed by atoms with van der Waals surface area (Å²) in [7, 11) is 0. The number of nitrogens with zero attached hydrogens (tertiary/aromatic N) is 5. The van der Waals surface area contributed by atoms with E-state index >= 15 is 0 Å². The molecule has 1 aromatic carbocycles. The first-order chi connectivity index (χ1) is 13.3. The van der Waals surface area contributed by atoms with Crippen LogP contribution >= 0.6 is 0 Å². The predicted molar refractivity (Wildman–Crippen MR) is 99.1 cm³/mol. The van der Waals surface area contributed by atoms with E-state index in [1.807, 2.05) is 0 Å². The van der Waals surface area contributed by atoms with E-state index in [1.54, 1.807) is 42.9 Å². The molecule has 1 amide bonds. The van der Waals surface area contributed by atoms with Crippen molar-refractivity contribution < 1.29 is 14.1 Å². The van der Waals surface area contributed by atoms with Crippen LogP contribution in [-0.2, 0) is 17.9 Å². The van der Waals surface area contributed by atoms with Crippen molar-refractivity contribution in [3.05, 3.63) is 69.8 Å². The van der Waals surface area contributed by atoms with Gasteiger partial charge in [0.05, 0.1) is 35.9 Å². The van der Waals surface area contributed by atoms with Crippen LogP contribution in [0.1, 0.15) is 18.2 Å². The quantitative estimate of drug-likeness (QED) is 0.496. The smallest absolute Gasteiger partial charge is 0.358 e. The number of aryl methyl sites for hydroxylation is 1. The lowest BCUT2D eigenvalue weighted by molar-refractivity contribution is -0.389. The molecule has 0 radical (unpaired) electrons. The van der Waals surface area contributed by atoms with Gasteiger partial charge in [0.2, 0.25) is 5.91 Å². The molecule has 0 saturated carbocycles. The molecule has 0 saturated heterocycles. The van der Waals surface area contributed by atoms with Crippen LogP contribution in [0.5, 0.6) is 0 Å². The minimum atomic E-state index is -0.570. The van der Waals surface area contributed by atoms with E-state index in [2.05, 4.69) is 15.5 Å².